The van der Waals surface area contributed by atoms with Gasteiger partial charge in [-0.05, 0) is 23.8 Å². The highest BCUT2D eigenvalue weighted by Crippen LogP contribution is 2.24. The van der Waals surface area contributed by atoms with Crippen molar-refractivity contribution in [3.05, 3.63) is 74.0 Å². The van der Waals surface area contributed by atoms with Crippen molar-refractivity contribution in [3.8, 4) is 0 Å². The van der Waals surface area contributed by atoms with Gasteiger partial charge < -0.3 is 16.4 Å². The van der Waals surface area contributed by atoms with Crippen molar-refractivity contribution in [1.82, 2.24) is 15.0 Å². The van der Waals surface area contributed by atoms with E-state index in [4.69, 9.17) is 28.9 Å². The van der Waals surface area contributed by atoms with Gasteiger partial charge in [0.2, 0.25) is 5.95 Å². The lowest BCUT2D eigenvalue weighted by molar-refractivity contribution is -0.385. The average molecular weight is 434 g/mol. The zero-order chi connectivity index (χ0) is 20.8. The van der Waals surface area contributed by atoms with Crippen LogP contribution in [0.1, 0.15) is 11.1 Å². The minimum Gasteiger partial charge on any atom is -0.383 e. The van der Waals surface area contributed by atoms with Gasteiger partial charge in [-0.25, -0.2) is 9.97 Å². The molecule has 2 aromatic heterocycles. The first kappa shape index (κ1) is 20.6. The van der Waals surface area contributed by atoms with Crippen molar-refractivity contribution in [2.24, 2.45) is 0 Å². The second kappa shape index (κ2) is 9.35. The number of nitrogens with zero attached hydrogens (tertiary/aromatic N) is 4. The molecule has 0 unspecified atom stereocenters. The Morgan fingerprint density at radius 2 is 1.83 bits per heavy atom. The minimum atomic E-state index is -0.495. The zero-order valence-electron chi connectivity index (χ0n) is 15.1. The SMILES string of the molecule is Nc1nc(NCCNc2ccc([N+](=O)[O-])cn2)ncc1Cc1ccc(Cl)cc1Cl. The number of nitro groups is 1. The molecular weight excluding hydrogens is 417 g/mol. The average Bonchev–Trinajstić information content (AvgIpc) is 2.69. The summed E-state index contributed by atoms with van der Waals surface area (Å²) in [6.07, 6.45) is 3.35. The van der Waals surface area contributed by atoms with Crippen molar-refractivity contribution in [2.75, 3.05) is 29.5 Å². The topological polar surface area (TPSA) is 132 Å². The van der Waals surface area contributed by atoms with Gasteiger partial charge in [0.15, 0.2) is 0 Å². The Bertz CT molecular complexity index is 1020. The van der Waals surface area contributed by atoms with E-state index in [0.29, 0.717) is 47.1 Å². The number of pyridine rings is 1. The zero-order valence-corrected chi connectivity index (χ0v) is 16.6. The van der Waals surface area contributed by atoms with Crippen LogP contribution in [0.4, 0.5) is 23.3 Å². The third-order valence-electron chi connectivity index (χ3n) is 3.97. The summed E-state index contributed by atoms with van der Waals surface area (Å²) in [6.45, 7) is 1.01. The molecule has 1 aromatic carbocycles. The smallest absolute Gasteiger partial charge is 0.287 e. The second-order valence-electron chi connectivity index (χ2n) is 6.03. The molecule has 0 atom stereocenters. The normalized spacial score (nSPS) is 10.6. The molecule has 29 heavy (non-hydrogen) atoms. The van der Waals surface area contributed by atoms with Gasteiger partial charge in [0.1, 0.15) is 17.8 Å². The number of nitrogen functional groups attached to an aromatic ring is 1. The largest absolute Gasteiger partial charge is 0.383 e. The van der Waals surface area contributed by atoms with Crippen molar-refractivity contribution < 1.29 is 4.92 Å². The number of halogens is 2. The van der Waals surface area contributed by atoms with Crippen LogP contribution in [0.25, 0.3) is 0 Å². The molecule has 0 saturated carbocycles. The maximum atomic E-state index is 10.6. The van der Waals surface area contributed by atoms with Crippen LogP contribution in [0.3, 0.4) is 0 Å². The number of nitrogens with one attached hydrogen (secondary N) is 2. The molecule has 3 rings (SSSR count). The molecule has 0 saturated heterocycles. The van der Waals surface area contributed by atoms with Crippen molar-refractivity contribution in [3.63, 3.8) is 0 Å². The molecule has 3 aromatic rings. The maximum absolute atomic E-state index is 10.6. The standard InChI is InChI=1S/C18H17Cl2N7O2/c19-13-2-1-11(15(20)8-13)7-12-9-25-18(26-17(12)21)23-6-5-22-16-4-3-14(10-24-16)27(28)29/h1-4,8-10H,5-7H2,(H,22,24)(H3,21,23,25,26). The minimum absolute atomic E-state index is 0.0578. The summed E-state index contributed by atoms with van der Waals surface area (Å²) in [7, 11) is 0. The fourth-order valence-electron chi connectivity index (χ4n) is 2.48. The maximum Gasteiger partial charge on any atom is 0.287 e. The summed E-state index contributed by atoms with van der Waals surface area (Å²) >= 11 is 12.1. The Morgan fingerprint density at radius 3 is 2.48 bits per heavy atom. The molecule has 0 radical (unpaired) electrons. The van der Waals surface area contributed by atoms with E-state index in [-0.39, 0.29) is 5.69 Å². The first-order valence-corrected chi connectivity index (χ1v) is 9.31. The summed E-state index contributed by atoms with van der Waals surface area (Å²) in [5.74, 6) is 1.29. The van der Waals surface area contributed by atoms with Crippen LogP contribution >= 0.6 is 23.2 Å². The second-order valence-corrected chi connectivity index (χ2v) is 6.87. The third-order valence-corrected chi connectivity index (χ3v) is 4.55. The molecule has 0 bridgehead atoms. The first-order valence-electron chi connectivity index (χ1n) is 8.56. The summed E-state index contributed by atoms with van der Waals surface area (Å²) < 4.78 is 0. The van der Waals surface area contributed by atoms with Gasteiger partial charge >= 0.3 is 0 Å². The van der Waals surface area contributed by atoms with E-state index in [1.165, 1.54) is 12.3 Å². The van der Waals surface area contributed by atoms with E-state index >= 15 is 0 Å². The Morgan fingerprint density at radius 1 is 1.03 bits per heavy atom. The Hall–Kier alpha value is -3.17. The highest BCUT2D eigenvalue weighted by molar-refractivity contribution is 6.35. The molecular formula is C18H17Cl2N7O2. The molecule has 0 spiro atoms. The van der Waals surface area contributed by atoms with E-state index in [9.17, 15) is 10.1 Å². The Labute approximate surface area is 176 Å². The number of hydrogen-bond donors (Lipinski definition) is 3. The molecule has 0 aliphatic heterocycles. The molecule has 0 amide bonds. The highest BCUT2D eigenvalue weighted by Gasteiger charge is 2.09. The third kappa shape index (κ3) is 5.66. The summed E-state index contributed by atoms with van der Waals surface area (Å²) in [6, 6.07) is 8.22. The van der Waals surface area contributed by atoms with E-state index in [1.807, 2.05) is 6.07 Å². The number of hydrogen-bond acceptors (Lipinski definition) is 8. The van der Waals surface area contributed by atoms with Gasteiger partial charge in [-0.3, -0.25) is 10.1 Å². The van der Waals surface area contributed by atoms with Gasteiger partial charge in [0.25, 0.3) is 5.69 Å². The summed E-state index contributed by atoms with van der Waals surface area (Å²) in [5.41, 5.74) is 7.62. The predicted octanol–water partition coefficient (Wildman–Crippen LogP) is 3.78. The molecule has 0 fully saturated rings. The van der Waals surface area contributed by atoms with Gasteiger partial charge in [0.05, 0.1) is 4.92 Å². The first-order chi connectivity index (χ1) is 13.9. The lowest BCUT2D eigenvalue weighted by atomic mass is 10.1. The van der Waals surface area contributed by atoms with E-state index in [1.54, 1.807) is 24.4 Å². The quantitative estimate of drug-likeness (QED) is 0.277. The van der Waals surface area contributed by atoms with Crippen molar-refractivity contribution in [1.29, 1.82) is 0 Å². The van der Waals surface area contributed by atoms with Gasteiger partial charge in [-0.15, -0.1) is 0 Å². The molecule has 150 valence electrons. The Kier molecular flexibility index (Phi) is 6.63. The van der Waals surface area contributed by atoms with Crippen LogP contribution in [0.15, 0.2) is 42.7 Å². The van der Waals surface area contributed by atoms with Crippen LogP contribution in [0.5, 0.6) is 0 Å². The predicted molar refractivity (Wildman–Crippen MR) is 114 cm³/mol. The van der Waals surface area contributed by atoms with Gasteiger partial charge in [-0.2, -0.15) is 4.98 Å². The van der Waals surface area contributed by atoms with Gasteiger partial charge in [-0.1, -0.05) is 29.3 Å². The fourth-order valence-corrected chi connectivity index (χ4v) is 2.95. The molecule has 0 aliphatic carbocycles. The van der Waals surface area contributed by atoms with Crippen LogP contribution in [0, 0.1) is 10.1 Å². The monoisotopic (exact) mass is 433 g/mol. The van der Waals surface area contributed by atoms with Crippen molar-refractivity contribution >= 4 is 46.5 Å². The number of benzene rings is 1. The van der Waals surface area contributed by atoms with Crippen LogP contribution < -0.4 is 16.4 Å². The molecule has 0 aliphatic rings. The highest BCUT2D eigenvalue weighted by atomic mass is 35.5. The van der Waals surface area contributed by atoms with Crippen LogP contribution in [-0.4, -0.2) is 33.0 Å². The number of anilines is 3. The number of aromatic nitrogens is 3. The lowest BCUT2D eigenvalue weighted by Gasteiger charge is -2.10. The van der Waals surface area contributed by atoms with E-state index < -0.39 is 4.92 Å². The molecule has 11 heteroatoms. The van der Waals surface area contributed by atoms with Crippen LogP contribution in [-0.2, 0) is 6.42 Å². The Balaban J connectivity index is 1.51. The fraction of sp³-hybridized carbons (Fsp3) is 0.167. The molecule has 9 nitrogen and oxygen atoms in total. The molecule has 2 heterocycles. The van der Waals surface area contributed by atoms with E-state index in [2.05, 4.69) is 25.6 Å². The molecule has 4 N–H and O–H groups in total. The lowest BCUT2D eigenvalue weighted by Crippen LogP contribution is -2.16. The van der Waals surface area contributed by atoms with Crippen LogP contribution in [0.2, 0.25) is 10.0 Å². The number of nitrogens with two attached hydrogens (primary N) is 1. The summed E-state index contributed by atoms with van der Waals surface area (Å²) in [5, 5.41) is 17.8. The van der Waals surface area contributed by atoms with Crippen molar-refractivity contribution in [2.45, 2.75) is 6.42 Å². The van der Waals surface area contributed by atoms with E-state index in [0.717, 1.165) is 11.1 Å². The number of rotatable bonds is 8. The van der Waals surface area contributed by atoms with Gasteiger partial charge in [0, 0.05) is 47.4 Å². The summed E-state index contributed by atoms with van der Waals surface area (Å²) in [4.78, 5) is 22.6.